The zero-order valence-corrected chi connectivity index (χ0v) is 20.5. The van der Waals surface area contributed by atoms with E-state index < -0.39 is 5.54 Å². The van der Waals surface area contributed by atoms with Crippen LogP contribution in [0, 0.1) is 5.92 Å². The number of hydrogen-bond donors (Lipinski definition) is 1. The van der Waals surface area contributed by atoms with Crippen LogP contribution in [0.3, 0.4) is 0 Å². The quantitative estimate of drug-likeness (QED) is 0.462. The minimum absolute atomic E-state index is 0.0355. The average molecular weight is 474 g/mol. The van der Waals surface area contributed by atoms with E-state index in [-0.39, 0.29) is 29.9 Å². The Morgan fingerprint density at radius 2 is 1.91 bits per heavy atom. The topological polar surface area (TPSA) is 79.0 Å². The number of thioether (sulfide) groups is 1. The molecule has 1 N–H and O–H groups in total. The van der Waals surface area contributed by atoms with Crippen molar-refractivity contribution in [1.82, 2.24) is 15.1 Å². The zero-order valence-electron chi connectivity index (χ0n) is 19.7. The van der Waals surface area contributed by atoms with Crippen LogP contribution in [-0.2, 0) is 20.7 Å². The van der Waals surface area contributed by atoms with Crippen LogP contribution in [0.15, 0.2) is 29.2 Å². The smallest absolute Gasteiger partial charge is 0.325 e. The molecule has 3 aliphatic heterocycles. The number of piperidine rings is 1. The second kappa shape index (κ2) is 10.5. The van der Waals surface area contributed by atoms with Gasteiger partial charge in [-0.15, -0.1) is 11.8 Å². The molecule has 8 heteroatoms. The van der Waals surface area contributed by atoms with Crippen LogP contribution >= 0.6 is 11.8 Å². The molecule has 0 radical (unpaired) electrons. The average Bonchev–Trinajstić information content (AvgIpc) is 3.43. The van der Waals surface area contributed by atoms with E-state index in [1.165, 1.54) is 9.80 Å². The van der Waals surface area contributed by atoms with E-state index >= 15 is 0 Å². The molecule has 0 bridgehead atoms. The summed E-state index contributed by atoms with van der Waals surface area (Å²) < 4.78 is 5.67. The summed E-state index contributed by atoms with van der Waals surface area (Å²) >= 11 is 1.69. The molecule has 3 aliphatic rings. The van der Waals surface area contributed by atoms with Crippen LogP contribution in [0.5, 0.6) is 0 Å². The highest BCUT2D eigenvalue weighted by molar-refractivity contribution is 7.98. The highest BCUT2D eigenvalue weighted by Crippen LogP contribution is 2.37. The van der Waals surface area contributed by atoms with Crippen molar-refractivity contribution >= 4 is 29.6 Å². The van der Waals surface area contributed by atoms with Gasteiger partial charge < -0.3 is 15.0 Å². The molecule has 3 saturated heterocycles. The predicted octanol–water partition coefficient (Wildman–Crippen LogP) is 3.46. The first-order valence-electron chi connectivity index (χ1n) is 12.1. The molecule has 180 valence electrons. The Morgan fingerprint density at radius 3 is 2.52 bits per heavy atom. The maximum Gasteiger partial charge on any atom is 0.325 e. The molecule has 33 heavy (non-hydrogen) atoms. The van der Waals surface area contributed by atoms with Gasteiger partial charge in [0.25, 0.3) is 5.91 Å². The Morgan fingerprint density at radius 1 is 1.18 bits per heavy atom. The summed E-state index contributed by atoms with van der Waals surface area (Å²) in [5, 5.41) is 3.08. The number of carbonyl (C=O) groups excluding carboxylic acids is 3. The minimum Gasteiger partial charge on any atom is -0.376 e. The Balaban J connectivity index is 1.38. The number of amides is 4. The van der Waals surface area contributed by atoms with Crippen molar-refractivity contribution < 1.29 is 19.1 Å². The maximum atomic E-state index is 13.5. The van der Waals surface area contributed by atoms with Crippen LogP contribution in [0.2, 0.25) is 0 Å². The van der Waals surface area contributed by atoms with Gasteiger partial charge in [0.2, 0.25) is 5.91 Å². The third-order valence-corrected chi connectivity index (χ3v) is 8.06. The predicted molar refractivity (Wildman–Crippen MR) is 128 cm³/mol. The normalized spacial score (nSPS) is 26.2. The number of benzene rings is 1. The Bertz CT molecular complexity index is 863. The number of nitrogens with one attached hydrogen (secondary N) is 1. The summed E-state index contributed by atoms with van der Waals surface area (Å²) in [7, 11) is 0. The van der Waals surface area contributed by atoms with Crippen molar-refractivity contribution in [3.8, 4) is 0 Å². The number of likely N-dealkylation sites (tertiary alicyclic amines) is 1. The van der Waals surface area contributed by atoms with Crippen molar-refractivity contribution in [1.29, 1.82) is 0 Å². The number of carbonyl (C=O) groups is 3. The standard InChI is InChI=1S/C25H35N3O4S/c1-3-12-25(23(30)28(24(31)26-25)17-20-5-4-15-32-20)19-10-13-27(14-11-19)22(29)16-18-6-8-21(33-2)9-7-18/h6-9,19-20H,3-5,10-17H2,1-2H3,(H,26,31)/t20-,25+/m1/s1. The highest BCUT2D eigenvalue weighted by atomic mass is 32.2. The Kier molecular flexibility index (Phi) is 7.64. The minimum atomic E-state index is -0.854. The van der Waals surface area contributed by atoms with E-state index in [0.717, 1.165) is 37.7 Å². The SMILES string of the molecule is CCC[C@@]1(C2CCN(C(=O)Cc3ccc(SC)cc3)CC2)NC(=O)N(C[C@H]2CCCO2)C1=O. The summed E-state index contributed by atoms with van der Waals surface area (Å²) in [5.41, 5.74) is 0.165. The fraction of sp³-hybridized carbons (Fsp3) is 0.640. The summed E-state index contributed by atoms with van der Waals surface area (Å²) in [6.45, 7) is 4.32. The monoisotopic (exact) mass is 473 g/mol. The lowest BCUT2D eigenvalue weighted by molar-refractivity contribution is -0.136. The summed E-state index contributed by atoms with van der Waals surface area (Å²) in [5.74, 6) is 0.0495. The fourth-order valence-electron chi connectivity index (χ4n) is 5.50. The van der Waals surface area contributed by atoms with Gasteiger partial charge >= 0.3 is 6.03 Å². The third kappa shape index (κ3) is 5.06. The maximum absolute atomic E-state index is 13.5. The van der Waals surface area contributed by atoms with Gasteiger partial charge in [-0.1, -0.05) is 25.5 Å². The van der Waals surface area contributed by atoms with Gasteiger partial charge in [-0.2, -0.15) is 0 Å². The molecule has 1 aromatic rings. The van der Waals surface area contributed by atoms with Gasteiger partial charge in [-0.3, -0.25) is 14.5 Å². The molecule has 4 amide bonds. The summed E-state index contributed by atoms with van der Waals surface area (Å²) in [6, 6.07) is 7.83. The van der Waals surface area contributed by atoms with Gasteiger partial charge in [0.15, 0.2) is 0 Å². The molecule has 3 heterocycles. The van der Waals surface area contributed by atoms with Crippen LogP contribution in [0.4, 0.5) is 4.79 Å². The molecule has 0 unspecified atom stereocenters. The Labute approximate surface area is 200 Å². The van der Waals surface area contributed by atoms with E-state index in [1.807, 2.05) is 42.3 Å². The number of rotatable bonds is 8. The Hall–Kier alpha value is -2.06. The number of nitrogens with zero attached hydrogens (tertiary/aromatic N) is 2. The first-order chi connectivity index (χ1) is 16.0. The molecule has 0 aliphatic carbocycles. The van der Waals surface area contributed by atoms with Crippen LogP contribution in [-0.4, -0.2) is 71.8 Å². The molecule has 2 atom stereocenters. The largest absolute Gasteiger partial charge is 0.376 e. The number of hydrogen-bond acceptors (Lipinski definition) is 5. The first-order valence-corrected chi connectivity index (χ1v) is 13.4. The van der Waals surface area contributed by atoms with E-state index in [0.29, 0.717) is 39.1 Å². The number of ether oxygens (including phenoxy) is 1. The molecule has 4 rings (SSSR count). The highest BCUT2D eigenvalue weighted by Gasteiger charge is 2.55. The van der Waals surface area contributed by atoms with Crippen LogP contribution < -0.4 is 5.32 Å². The third-order valence-electron chi connectivity index (χ3n) is 7.32. The second-order valence-corrected chi connectivity index (χ2v) is 10.3. The molecule has 7 nitrogen and oxygen atoms in total. The molecule has 0 spiro atoms. The lowest BCUT2D eigenvalue weighted by Gasteiger charge is -2.41. The van der Waals surface area contributed by atoms with E-state index in [1.54, 1.807) is 11.8 Å². The van der Waals surface area contributed by atoms with Crippen molar-refractivity contribution in [2.24, 2.45) is 5.92 Å². The van der Waals surface area contributed by atoms with Crippen molar-refractivity contribution in [3.63, 3.8) is 0 Å². The van der Waals surface area contributed by atoms with Crippen molar-refractivity contribution in [3.05, 3.63) is 29.8 Å². The van der Waals surface area contributed by atoms with Crippen molar-refractivity contribution in [2.75, 3.05) is 32.5 Å². The molecular weight excluding hydrogens is 438 g/mol. The number of urea groups is 1. The fourth-order valence-corrected chi connectivity index (χ4v) is 5.91. The van der Waals surface area contributed by atoms with Crippen LogP contribution in [0.25, 0.3) is 0 Å². The lowest BCUT2D eigenvalue weighted by Crippen LogP contribution is -2.56. The van der Waals surface area contributed by atoms with E-state index in [9.17, 15) is 14.4 Å². The zero-order chi connectivity index (χ0) is 23.4. The van der Waals surface area contributed by atoms with Gasteiger partial charge in [0, 0.05) is 24.6 Å². The van der Waals surface area contributed by atoms with Crippen LogP contribution in [0.1, 0.15) is 51.0 Å². The molecule has 0 aromatic heterocycles. The van der Waals surface area contributed by atoms with E-state index in [4.69, 9.17) is 4.74 Å². The van der Waals surface area contributed by atoms with Gasteiger partial charge in [0.05, 0.1) is 19.1 Å². The summed E-state index contributed by atoms with van der Waals surface area (Å²) in [6.07, 6.45) is 7.11. The van der Waals surface area contributed by atoms with Gasteiger partial charge in [0.1, 0.15) is 5.54 Å². The molecule has 0 saturated carbocycles. The van der Waals surface area contributed by atoms with Crippen molar-refractivity contribution in [2.45, 2.75) is 68.4 Å². The molecular formula is C25H35N3O4S. The van der Waals surface area contributed by atoms with E-state index in [2.05, 4.69) is 5.32 Å². The number of imide groups is 1. The first kappa shape index (κ1) is 24.1. The molecule has 3 fully saturated rings. The molecule has 1 aromatic carbocycles. The summed E-state index contributed by atoms with van der Waals surface area (Å²) in [4.78, 5) is 43.7. The van der Waals surface area contributed by atoms with Gasteiger partial charge in [-0.05, 0) is 62.0 Å². The van der Waals surface area contributed by atoms with Gasteiger partial charge in [-0.25, -0.2) is 4.79 Å². The lowest BCUT2D eigenvalue weighted by atomic mass is 9.74. The second-order valence-electron chi connectivity index (χ2n) is 9.38.